The SMILES string of the molecule is COC(CCCBr)=C1C(=O)Nc2ccc(N)cc21. The zero-order valence-electron chi connectivity index (χ0n) is 10.1. The van der Waals surface area contributed by atoms with Crippen molar-refractivity contribution in [1.82, 2.24) is 0 Å². The Morgan fingerprint density at radius 3 is 2.94 bits per heavy atom. The van der Waals surface area contributed by atoms with Gasteiger partial charge in [-0.15, -0.1) is 0 Å². The Bertz CT molecular complexity index is 512. The molecule has 0 aromatic heterocycles. The lowest BCUT2D eigenvalue weighted by Gasteiger charge is -2.09. The van der Waals surface area contributed by atoms with Crippen molar-refractivity contribution in [1.29, 1.82) is 0 Å². The second kappa shape index (κ2) is 5.44. The molecule has 0 radical (unpaired) electrons. The Hall–Kier alpha value is -1.49. The van der Waals surface area contributed by atoms with E-state index in [4.69, 9.17) is 10.5 Å². The molecule has 18 heavy (non-hydrogen) atoms. The fourth-order valence-corrected chi connectivity index (χ4v) is 2.30. The molecule has 0 bridgehead atoms. The van der Waals surface area contributed by atoms with Gasteiger partial charge in [0.05, 0.1) is 12.7 Å². The number of rotatable bonds is 4. The van der Waals surface area contributed by atoms with Gasteiger partial charge in [-0.3, -0.25) is 4.79 Å². The zero-order valence-corrected chi connectivity index (χ0v) is 11.7. The number of nitrogen functional groups attached to an aromatic ring is 1. The molecule has 1 aromatic rings. The van der Waals surface area contributed by atoms with Crippen LogP contribution in [-0.2, 0) is 9.53 Å². The van der Waals surface area contributed by atoms with E-state index in [-0.39, 0.29) is 5.91 Å². The average Bonchev–Trinajstić information content (AvgIpc) is 2.67. The number of alkyl halides is 1. The number of ether oxygens (including phenoxy) is 1. The second-order valence-electron chi connectivity index (χ2n) is 4.05. The minimum absolute atomic E-state index is 0.123. The Balaban J connectivity index is 2.47. The summed E-state index contributed by atoms with van der Waals surface area (Å²) in [6, 6.07) is 5.38. The van der Waals surface area contributed by atoms with Crippen LogP contribution in [0.15, 0.2) is 24.0 Å². The van der Waals surface area contributed by atoms with Crippen molar-refractivity contribution in [3.8, 4) is 0 Å². The maximum Gasteiger partial charge on any atom is 0.259 e. The van der Waals surface area contributed by atoms with Crippen molar-refractivity contribution in [2.45, 2.75) is 12.8 Å². The van der Waals surface area contributed by atoms with Crippen molar-refractivity contribution in [2.75, 3.05) is 23.5 Å². The molecule has 0 aliphatic carbocycles. The highest BCUT2D eigenvalue weighted by molar-refractivity contribution is 9.09. The van der Waals surface area contributed by atoms with Crippen LogP contribution in [0.5, 0.6) is 0 Å². The molecule has 96 valence electrons. The molecular formula is C13H15BrN2O2. The minimum atomic E-state index is -0.123. The summed E-state index contributed by atoms with van der Waals surface area (Å²) >= 11 is 3.38. The average molecular weight is 311 g/mol. The highest BCUT2D eigenvalue weighted by Crippen LogP contribution is 2.36. The fourth-order valence-electron chi connectivity index (χ4n) is 2.02. The third kappa shape index (κ3) is 2.36. The number of fused-ring (bicyclic) bond motifs is 1. The largest absolute Gasteiger partial charge is 0.500 e. The van der Waals surface area contributed by atoms with Crippen LogP contribution in [0, 0.1) is 0 Å². The first kappa shape index (κ1) is 13.0. The van der Waals surface area contributed by atoms with Crippen LogP contribution in [0.25, 0.3) is 5.57 Å². The summed E-state index contributed by atoms with van der Waals surface area (Å²) in [7, 11) is 1.59. The van der Waals surface area contributed by atoms with Crippen LogP contribution >= 0.6 is 15.9 Å². The first-order chi connectivity index (χ1) is 8.67. The van der Waals surface area contributed by atoms with Crippen LogP contribution in [0.4, 0.5) is 11.4 Å². The topological polar surface area (TPSA) is 64.3 Å². The molecule has 1 amide bonds. The van der Waals surface area contributed by atoms with Crippen LogP contribution in [0.2, 0.25) is 0 Å². The van der Waals surface area contributed by atoms with Crippen LogP contribution in [0.3, 0.4) is 0 Å². The number of carbonyl (C=O) groups is 1. The van der Waals surface area contributed by atoms with E-state index in [9.17, 15) is 4.79 Å². The van der Waals surface area contributed by atoms with Gasteiger partial charge in [-0.2, -0.15) is 0 Å². The van der Waals surface area contributed by atoms with E-state index < -0.39 is 0 Å². The van der Waals surface area contributed by atoms with Crippen molar-refractivity contribution in [3.63, 3.8) is 0 Å². The molecule has 0 atom stereocenters. The molecule has 4 nitrogen and oxygen atoms in total. The Morgan fingerprint density at radius 1 is 1.50 bits per heavy atom. The first-order valence-corrected chi connectivity index (χ1v) is 6.84. The van der Waals surface area contributed by atoms with Crippen LogP contribution < -0.4 is 11.1 Å². The van der Waals surface area contributed by atoms with Gasteiger partial charge >= 0.3 is 0 Å². The van der Waals surface area contributed by atoms with Crippen molar-refractivity contribution in [3.05, 3.63) is 29.5 Å². The quantitative estimate of drug-likeness (QED) is 0.389. The smallest absolute Gasteiger partial charge is 0.259 e. The van der Waals surface area contributed by atoms with Gasteiger partial charge in [0, 0.05) is 28.7 Å². The Kier molecular flexibility index (Phi) is 3.91. The third-order valence-electron chi connectivity index (χ3n) is 2.85. The second-order valence-corrected chi connectivity index (χ2v) is 4.85. The Morgan fingerprint density at radius 2 is 2.28 bits per heavy atom. The molecule has 2 rings (SSSR count). The number of amides is 1. The van der Waals surface area contributed by atoms with E-state index in [1.807, 2.05) is 6.07 Å². The predicted molar refractivity (Wildman–Crippen MR) is 76.4 cm³/mol. The summed E-state index contributed by atoms with van der Waals surface area (Å²) in [6.45, 7) is 0. The summed E-state index contributed by atoms with van der Waals surface area (Å²) < 4.78 is 5.36. The molecule has 0 spiro atoms. The summed E-state index contributed by atoms with van der Waals surface area (Å²) in [5.41, 5.74) is 8.62. The van der Waals surface area contributed by atoms with Gasteiger partial charge in [0.25, 0.3) is 5.91 Å². The molecule has 1 aliphatic heterocycles. The van der Waals surface area contributed by atoms with E-state index in [0.717, 1.165) is 29.4 Å². The zero-order chi connectivity index (χ0) is 13.1. The van der Waals surface area contributed by atoms with Gasteiger partial charge in [0.2, 0.25) is 0 Å². The molecule has 0 saturated carbocycles. The number of anilines is 2. The van der Waals surface area contributed by atoms with Gasteiger partial charge in [-0.25, -0.2) is 0 Å². The lowest BCUT2D eigenvalue weighted by molar-refractivity contribution is -0.111. The molecular weight excluding hydrogens is 296 g/mol. The number of hydrogen-bond acceptors (Lipinski definition) is 3. The number of hydrogen-bond donors (Lipinski definition) is 2. The van der Waals surface area contributed by atoms with E-state index >= 15 is 0 Å². The lowest BCUT2D eigenvalue weighted by Crippen LogP contribution is -2.07. The van der Waals surface area contributed by atoms with E-state index in [2.05, 4.69) is 21.2 Å². The first-order valence-electron chi connectivity index (χ1n) is 5.71. The van der Waals surface area contributed by atoms with Gasteiger partial charge in [-0.05, 0) is 24.6 Å². The molecule has 0 unspecified atom stereocenters. The molecule has 5 heteroatoms. The van der Waals surface area contributed by atoms with Crippen molar-refractivity contribution >= 4 is 38.8 Å². The maximum absolute atomic E-state index is 12.0. The molecule has 1 heterocycles. The maximum atomic E-state index is 12.0. The highest BCUT2D eigenvalue weighted by atomic mass is 79.9. The van der Waals surface area contributed by atoms with Gasteiger partial charge in [-0.1, -0.05) is 15.9 Å². The number of nitrogens with two attached hydrogens (primary N) is 1. The molecule has 1 aromatic carbocycles. The van der Waals surface area contributed by atoms with Crippen LogP contribution in [0.1, 0.15) is 18.4 Å². The monoisotopic (exact) mass is 310 g/mol. The van der Waals surface area contributed by atoms with Crippen molar-refractivity contribution in [2.24, 2.45) is 0 Å². The minimum Gasteiger partial charge on any atom is -0.500 e. The Labute approximate surface area is 114 Å². The van der Waals surface area contributed by atoms with Crippen molar-refractivity contribution < 1.29 is 9.53 Å². The number of halogens is 1. The molecule has 0 saturated heterocycles. The summed E-state index contributed by atoms with van der Waals surface area (Å²) in [5, 5.41) is 3.70. The number of nitrogens with one attached hydrogen (secondary N) is 1. The number of methoxy groups -OCH3 is 1. The van der Waals surface area contributed by atoms with Gasteiger partial charge < -0.3 is 15.8 Å². The normalized spacial score (nSPS) is 16.2. The summed E-state index contributed by atoms with van der Waals surface area (Å²) in [5.74, 6) is 0.582. The highest BCUT2D eigenvalue weighted by Gasteiger charge is 2.28. The van der Waals surface area contributed by atoms with Gasteiger partial charge in [0.15, 0.2) is 0 Å². The summed E-state index contributed by atoms with van der Waals surface area (Å²) in [4.78, 5) is 12.0. The van der Waals surface area contributed by atoms with E-state index in [0.29, 0.717) is 17.0 Å². The number of carbonyl (C=O) groups excluding carboxylic acids is 1. The lowest BCUT2D eigenvalue weighted by atomic mass is 10.0. The standard InChI is InChI=1S/C13H15BrN2O2/c1-18-11(3-2-6-14)12-9-7-8(15)4-5-10(9)16-13(12)17/h4-5,7H,2-3,6,15H2,1H3,(H,16,17). The fraction of sp³-hybridized carbons (Fsp3) is 0.308. The number of allylic oxidation sites excluding steroid dienone is 1. The molecule has 1 aliphatic rings. The van der Waals surface area contributed by atoms with E-state index in [1.165, 1.54) is 0 Å². The van der Waals surface area contributed by atoms with E-state index in [1.54, 1.807) is 19.2 Å². The van der Waals surface area contributed by atoms with Gasteiger partial charge in [0.1, 0.15) is 5.76 Å². The summed E-state index contributed by atoms with van der Waals surface area (Å²) in [6.07, 6.45) is 1.64. The predicted octanol–water partition coefficient (Wildman–Crippen LogP) is 2.75. The molecule has 3 N–H and O–H groups in total. The van der Waals surface area contributed by atoms with Crippen LogP contribution in [-0.4, -0.2) is 18.3 Å². The molecule has 0 fully saturated rings. The third-order valence-corrected chi connectivity index (χ3v) is 3.41. The number of benzene rings is 1.